The number of hydrogen-bond acceptors (Lipinski definition) is 2. The van der Waals surface area contributed by atoms with Gasteiger partial charge in [0.1, 0.15) is 0 Å². The van der Waals surface area contributed by atoms with Gasteiger partial charge in [0.25, 0.3) is 0 Å². The molecule has 0 bridgehead atoms. The highest BCUT2D eigenvalue weighted by molar-refractivity contribution is 5.92. The van der Waals surface area contributed by atoms with Crippen LogP contribution in [0.2, 0.25) is 0 Å². The molecule has 0 radical (unpaired) electrons. The van der Waals surface area contributed by atoms with Gasteiger partial charge < -0.3 is 10.8 Å². The Bertz CT molecular complexity index is 271. The molecule has 58 valence electrons. The number of benzene rings is 1. The Hall–Kier alpha value is -1.48. The van der Waals surface area contributed by atoms with Crippen LogP contribution in [0.25, 0.3) is 0 Å². The number of carbonyl (C=O) groups excluding carboxylic acids is 1. The lowest BCUT2D eigenvalue weighted by Crippen LogP contribution is -2.10. The normalized spacial score (nSPS) is 9.18. The molecule has 0 aliphatic rings. The van der Waals surface area contributed by atoms with Gasteiger partial charge in [-0.05, 0) is 5.56 Å². The van der Waals surface area contributed by atoms with Gasteiger partial charge in [-0.3, -0.25) is 4.79 Å². The summed E-state index contributed by atoms with van der Waals surface area (Å²) in [7, 11) is 0. The highest BCUT2D eigenvalue weighted by atomic mass is 16.3. The van der Waals surface area contributed by atoms with E-state index in [1.807, 2.05) is 0 Å². The van der Waals surface area contributed by atoms with E-state index in [1.165, 1.54) is 6.07 Å². The second-order valence-electron chi connectivity index (χ2n) is 2.12. The minimum atomic E-state index is -0.492. The Balaban J connectivity index is 3.01. The van der Waals surface area contributed by atoms with Crippen molar-refractivity contribution in [3.05, 3.63) is 42.0 Å². The molecule has 0 heterocycles. The summed E-state index contributed by atoms with van der Waals surface area (Å²) in [6.45, 7) is 0.923. The van der Waals surface area contributed by atoms with E-state index in [0.717, 1.165) is 6.61 Å². The van der Waals surface area contributed by atoms with Crippen molar-refractivity contribution in [3.8, 4) is 0 Å². The fourth-order valence-corrected chi connectivity index (χ4v) is 0.772. The van der Waals surface area contributed by atoms with Gasteiger partial charge in [0.05, 0.1) is 0 Å². The molecule has 0 aliphatic heterocycles. The van der Waals surface area contributed by atoms with E-state index >= 15 is 0 Å². The van der Waals surface area contributed by atoms with Crippen LogP contribution < -0.4 is 5.73 Å². The molecule has 1 aromatic rings. The van der Waals surface area contributed by atoms with Gasteiger partial charge in [-0.15, -0.1) is 12.1 Å². The molecular formula is C8H8NO2-. The smallest absolute Gasteiger partial charge is 0.236 e. The summed E-state index contributed by atoms with van der Waals surface area (Å²) < 4.78 is 0. The average molecular weight is 150 g/mol. The van der Waals surface area contributed by atoms with E-state index in [-0.39, 0.29) is 0 Å². The lowest BCUT2D eigenvalue weighted by Gasteiger charge is -2.05. The Labute approximate surface area is 64.5 Å². The van der Waals surface area contributed by atoms with Crippen molar-refractivity contribution in [3.63, 3.8) is 0 Å². The van der Waals surface area contributed by atoms with Crippen LogP contribution in [0.15, 0.2) is 24.3 Å². The van der Waals surface area contributed by atoms with Gasteiger partial charge in [-0.25, -0.2) is 0 Å². The molecule has 1 amide bonds. The zero-order chi connectivity index (χ0) is 8.27. The van der Waals surface area contributed by atoms with E-state index in [9.17, 15) is 4.79 Å². The second-order valence-corrected chi connectivity index (χ2v) is 2.12. The molecule has 0 atom stereocenters. The highest BCUT2D eigenvalue weighted by Gasteiger charge is 1.93. The largest absolute Gasteiger partial charge is 0.429 e. The van der Waals surface area contributed by atoms with Crippen LogP contribution >= 0.6 is 0 Å². The number of rotatable bonds is 2. The van der Waals surface area contributed by atoms with Crippen LogP contribution in [-0.4, -0.2) is 11.0 Å². The number of aliphatic hydroxyl groups is 1. The van der Waals surface area contributed by atoms with Crippen molar-refractivity contribution in [2.75, 3.05) is 0 Å². The van der Waals surface area contributed by atoms with E-state index in [1.54, 1.807) is 18.2 Å². The Morgan fingerprint density at radius 2 is 2.27 bits per heavy atom. The third kappa shape index (κ3) is 1.72. The summed E-state index contributed by atoms with van der Waals surface area (Å²) in [6, 6.07) is 6.44. The molecule has 3 heteroatoms. The van der Waals surface area contributed by atoms with Crippen LogP contribution in [0.4, 0.5) is 0 Å². The van der Waals surface area contributed by atoms with Crippen LogP contribution in [-0.2, 0) is 0 Å². The molecule has 11 heavy (non-hydrogen) atoms. The van der Waals surface area contributed by atoms with Crippen molar-refractivity contribution in [1.29, 1.82) is 0 Å². The predicted molar refractivity (Wildman–Crippen MR) is 40.3 cm³/mol. The average Bonchev–Trinajstić information content (AvgIpc) is 2.05. The fraction of sp³-hybridized carbons (Fsp3) is 0. The second kappa shape index (κ2) is 3.07. The number of aliphatic hydroxyl groups excluding tert-OH is 1. The number of amides is 1. The van der Waals surface area contributed by atoms with E-state index in [0.29, 0.717) is 11.1 Å². The molecule has 3 nitrogen and oxygen atoms in total. The topological polar surface area (TPSA) is 63.3 Å². The summed E-state index contributed by atoms with van der Waals surface area (Å²) in [5.41, 5.74) is 5.97. The molecular weight excluding hydrogens is 142 g/mol. The molecule has 0 fully saturated rings. The maximum absolute atomic E-state index is 10.6. The van der Waals surface area contributed by atoms with Gasteiger partial charge in [0.15, 0.2) is 0 Å². The summed E-state index contributed by atoms with van der Waals surface area (Å²) in [5.74, 6) is -0.492. The van der Waals surface area contributed by atoms with E-state index < -0.39 is 5.91 Å². The molecule has 1 rings (SSSR count). The standard InChI is InChI=1S/C8H8NO2/c9-8(11)7-3-1-2-6(4-7)5-10/h1-5,10H,(H2,9,11)/q-1. The fourth-order valence-electron chi connectivity index (χ4n) is 0.772. The zero-order valence-electron chi connectivity index (χ0n) is 5.82. The quantitative estimate of drug-likeness (QED) is 0.608. The number of primary amides is 1. The minimum absolute atomic E-state index is 0.396. The number of nitrogens with two attached hydrogens (primary N) is 1. The maximum atomic E-state index is 10.6. The van der Waals surface area contributed by atoms with E-state index in [4.69, 9.17) is 10.8 Å². The summed E-state index contributed by atoms with van der Waals surface area (Å²) in [6.07, 6.45) is 0. The molecule has 0 spiro atoms. The monoisotopic (exact) mass is 150 g/mol. The molecule has 0 saturated carbocycles. The van der Waals surface area contributed by atoms with Gasteiger partial charge in [0.2, 0.25) is 5.91 Å². The predicted octanol–water partition coefficient (Wildman–Crippen LogP) is 0.668. The first kappa shape index (κ1) is 7.63. The minimum Gasteiger partial charge on any atom is -0.429 e. The Morgan fingerprint density at radius 3 is 2.82 bits per heavy atom. The van der Waals surface area contributed by atoms with Crippen molar-refractivity contribution in [1.82, 2.24) is 0 Å². The Kier molecular flexibility index (Phi) is 2.13. The molecule has 0 aromatic heterocycles. The molecule has 0 aliphatic carbocycles. The first-order valence-corrected chi connectivity index (χ1v) is 3.11. The molecule has 0 unspecified atom stereocenters. The number of hydrogen-bond donors (Lipinski definition) is 2. The van der Waals surface area contributed by atoms with Crippen molar-refractivity contribution in [2.45, 2.75) is 0 Å². The first-order valence-electron chi connectivity index (χ1n) is 3.11. The first-order chi connectivity index (χ1) is 5.24. The van der Waals surface area contributed by atoms with Crippen molar-refractivity contribution >= 4 is 5.91 Å². The Morgan fingerprint density at radius 1 is 1.55 bits per heavy atom. The van der Waals surface area contributed by atoms with Crippen LogP contribution in [0.5, 0.6) is 0 Å². The van der Waals surface area contributed by atoms with Crippen LogP contribution in [0.3, 0.4) is 0 Å². The summed E-state index contributed by atoms with van der Waals surface area (Å²) >= 11 is 0. The summed E-state index contributed by atoms with van der Waals surface area (Å²) in [4.78, 5) is 10.6. The highest BCUT2D eigenvalue weighted by Crippen LogP contribution is 2.04. The summed E-state index contributed by atoms with van der Waals surface area (Å²) in [5, 5.41) is 8.57. The molecule has 3 N–H and O–H groups in total. The van der Waals surface area contributed by atoms with Gasteiger partial charge in [0, 0.05) is 0 Å². The van der Waals surface area contributed by atoms with Gasteiger partial charge in [-0.2, -0.15) is 11.6 Å². The third-order valence-corrected chi connectivity index (χ3v) is 1.32. The van der Waals surface area contributed by atoms with E-state index in [2.05, 4.69) is 0 Å². The SMILES string of the molecule is NC(=O)c1cccc([CH-]O)c1. The zero-order valence-corrected chi connectivity index (χ0v) is 5.82. The van der Waals surface area contributed by atoms with Crippen molar-refractivity contribution in [2.24, 2.45) is 5.73 Å². The molecule has 0 saturated heterocycles. The van der Waals surface area contributed by atoms with Crippen LogP contribution in [0.1, 0.15) is 15.9 Å². The van der Waals surface area contributed by atoms with Crippen molar-refractivity contribution < 1.29 is 9.90 Å². The van der Waals surface area contributed by atoms with Gasteiger partial charge in [-0.1, -0.05) is 12.7 Å². The number of carbonyl (C=O) groups is 1. The lowest BCUT2D eigenvalue weighted by molar-refractivity contribution is 0.1000. The third-order valence-electron chi connectivity index (χ3n) is 1.32. The molecule has 1 aromatic carbocycles. The lowest BCUT2D eigenvalue weighted by atomic mass is 10.1. The maximum Gasteiger partial charge on any atom is 0.236 e. The van der Waals surface area contributed by atoms with Crippen LogP contribution in [0, 0.1) is 6.61 Å². The van der Waals surface area contributed by atoms with Gasteiger partial charge >= 0.3 is 0 Å².